The van der Waals surface area contributed by atoms with E-state index >= 15 is 0 Å². The molecule has 1 aliphatic rings. The Kier molecular flexibility index (Phi) is 9.43. The summed E-state index contributed by atoms with van der Waals surface area (Å²) >= 11 is 13.4. The van der Waals surface area contributed by atoms with Crippen molar-refractivity contribution in [3.8, 4) is 5.75 Å². The molecule has 0 bridgehead atoms. The van der Waals surface area contributed by atoms with E-state index in [1.54, 1.807) is 73.2 Å². The van der Waals surface area contributed by atoms with E-state index in [4.69, 9.17) is 32.4 Å². The van der Waals surface area contributed by atoms with Gasteiger partial charge in [0.05, 0.1) is 23.9 Å². The maximum atomic E-state index is 13.5. The van der Waals surface area contributed by atoms with Gasteiger partial charge in [0.15, 0.2) is 11.8 Å². The zero-order valence-electron chi connectivity index (χ0n) is 22.3. The van der Waals surface area contributed by atoms with Crippen LogP contribution in [0, 0.1) is 6.92 Å². The van der Waals surface area contributed by atoms with E-state index in [1.165, 1.54) is 16.7 Å². The number of rotatable bonds is 9. The van der Waals surface area contributed by atoms with Gasteiger partial charge in [-0.25, -0.2) is 0 Å². The lowest BCUT2D eigenvalue weighted by Crippen LogP contribution is -2.28. The largest absolute Gasteiger partial charge is 0.483 e. The summed E-state index contributed by atoms with van der Waals surface area (Å²) in [7, 11) is 0. The normalized spacial score (nSPS) is 15.2. The summed E-state index contributed by atoms with van der Waals surface area (Å²) in [5, 5.41) is 12.8. The number of thioether (sulfide) groups is 1. The number of furan rings is 1. The van der Waals surface area contributed by atoms with Gasteiger partial charge in [-0.05, 0) is 90.5 Å². The summed E-state index contributed by atoms with van der Waals surface area (Å²) in [6.07, 6.45) is 4.86. The standard InChI is InChI=1S/C31H24Cl2N4O4S/c1-20-5-2-3-6-21(20)17-34-36-31-37(18-26-7-4-14-40-26)30(39)28(42-31)16-22-15-24(33)10-13-27(22)41-19-29(38)35-25-11-8-23(32)9-12-25/h2-17H,18-19H2,1H3,(H,35,38)/b28-16-,34-17-,36-31+. The van der Waals surface area contributed by atoms with Crippen LogP contribution in [0.25, 0.3) is 6.08 Å². The molecule has 3 aromatic carbocycles. The first-order valence-electron chi connectivity index (χ1n) is 12.7. The highest BCUT2D eigenvalue weighted by Gasteiger charge is 2.34. The monoisotopic (exact) mass is 618 g/mol. The minimum atomic E-state index is -0.359. The molecule has 4 aromatic rings. The number of carbonyl (C=O) groups excluding carboxylic acids is 2. The van der Waals surface area contributed by atoms with E-state index in [9.17, 15) is 9.59 Å². The average molecular weight is 620 g/mol. The Labute approximate surface area is 256 Å². The second-order valence-electron chi connectivity index (χ2n) is 9.09. The second kappa shape index (κ2) is 13.6. The molecule has 0 unspecified atom stereocenters. The van der Waals surface area contributed by atoms with Gasteiger partial charge in [0.25, 0.3) is 11.8 Å². The maximum absolute atomic E-state index is 13.5. The molecule has 212 valence electrons. The third-order valence-corrected chi connectivity index (χ3v) is 7.54. The van der Waals surface area contributed by atoms with Gasteiger partial charge in [0, 0.05) is 21.3 Å². The van der Waals surface area contributed by atoms with Crippen molar-refractivity contribution < 1.29 is 18.7 Å². The summed E-state index contributed by atoms with van der Waals surface area (Å²) in [4.78, 5) is 27.9. The van der Waals surface area contributed by atoms with Gasteiger partial charge in [-0.15, -0.1) is 5.10 Å². The second-order valence-corrected chi connectivity index (χ2v) is 11.0. The van der Waals surface area contributed by atoms with Crippen LogP contribution in [0.15, 0.2) is 105 Å². The zero-order chi connectivity index (χ0) is 29.5. The molecule has 1 N–H and O–H groups in total. The Balaban J connectivity index is 1.37. The summed E-state index contributed by atoms with van der Waals surface area (Å²) in [6, 6.07) is 23.0. The number of nitrogens with zero attached hydrogens (tertiary/aromatic N) is 3. The number of anilines is 1. The van der Waals surface area contributed by atoms with E-state index in [0.717, 1.165) is 11.1 Å². The summed E-state index contributed by atoms with van der Waals surface area (Å²) in [5.74, 6) is 0.335. The topological polar surface area (TPSA) is 96.5 Å². The van der Waals surface area contributed by atoms with Crippen LogP contribution in [-0.4, -0.2) is 34.7 Å². The molecule has 11 heteroatoms. The molecule has 8 nitrogen and oxygen atoms in total. The van der Waals surface area contributed by atoms with Gasteiger partial charge in [-0.1, -0.05) is 47.5 Å². The van der Waals surface area contributed by atoms with Crippen molar-refractivity contribution in [1.82, 2.24) is 4.90 Å². The summed E-state index contributed by atoms with van der Waals surface area (Å²) in [5.41, 5.74) is 3.10. The predicted octanol–water partition coefficient (Wildman–Crippen LogP) is 7.42. The van der Waals surface area contributed by atoms with E-state index in [1.807, 2.05) is 31.2 Å². The van der Waals surface area contributed by atoms with Crippen LogP contribution in [-0.2, 0) is 16.1 Å². The highest BCUT2D eigenvalue weighted by Crippen LogP contribution is 2.36. The number of amidine groups is 1. The highest BCUT2D eigenvalue weighted by atomic mass is 35.5. The highest BCUT2D eigenvalue weighted by molar-refractivity contribution is 8.18. The lowest BCUT2D eigenvalue weighted by Gasteiger charge is -2.13. The minimum absolute atomic E-state index is 0.179. The number of nitrogens with one attached hydrogen (secondary N) is 1. The number of ether oxygens (including phenoxy) is 1. The Morgan fingerprint density at radius 2 is 1.81 bits per heavy atom. The van der Waals surface area contributed by atoms with E-state index in [-0.39, 0.29) is 25.0 Å². The van der Waals surface area contributed by atoms with Crippen molar-refractivity contribution in [2.24, 2.45) is 10.2 Å². The molecule has 1 saturated heterocycles. The fourth-order valence-corrected chi connectivity index (χ4v) is 5.16. The van der Waals surface area contributed by atoms with Crippen molar-refractivity contribution in [3.63, 3.8) is 0 Å². The molecule has 0 saturated carbocycles. The molecule has 2 heterocycles. The molecule has 1 fully saturated rings. The first-order chi connectivity index (χ1) is 20.4. The molecule has 42 heavy (non-hydrogen) atoms. The van der Waals surface area contributed by atoms with Gasteiger partial charge < -0.3 is 14.5 Å². The summed E-state index contributed by atoms with van der Waals surface area (Å²) in [6.45, 7) is 1.91. The van der Waals surface area contributed by atoms with Crippen molar-refractivity contribution >= 4 is 69.9 Å². The number of hydrogen-bond acceptors (Lipinski definition) is 7. The average Bonchev–Trinajstić information content (AvgIpc) is 3.59. The molecule has 0 radical (unpaired) electrons. The summed E-state index contributed by atoms with van der Waals surface area (Å²) < 4.78 is 11.3. The molecule has 0 aliphatic carbocycles. The van der Waals surface area contributed by atoms with E-state index < -0.39 is 0 Å². The quantitative estimate of drug-likeness (QED) is 0.120. The van der Waals surface area contributed by atoms with Crippen LogP contribution in [0.5, 0.6) is 5.75 Å². The van der Waals surface area contributed by atoms with Crippen LogP contribution in [0.2, 0.25) is 10.0 Å². The van der Waals surface area contributed by atoms with Crippen LogP contribution in [0.1, 0.15) is 22.5 Å². The number of hydrogen-bond donors (Lipinski definition) is 1. The van der Waals surface area contributed by atoms with Gasteiger partial charge in [0.1, 0.15) is 11.5 Å². The van der Waals surface area contributed by atoms with E-state index in [0.29, 0.717) is 42.9 Å². The molecule has 0 spiro atoms. The van der Waals surface area contributed by atoms with Gasteiger partial charge in [0.2, 0.25) is 0 Å². The Hall–Kier alpha value is -4.31. The molecule has 2 amide bonds. The van der Waals surface area contributed by atoms with Gasteiger partial charge >= 0.3 is 0 Å². The SMILES string of the molecule is Cc1ccccc1/C=N\N=C1\S/C(=C\c2cc(Cl)ccc2OCC(=O)Nc2ccc(Cl)cc2)C(=O)N1Cc1ccco1. The maximum Gasteiger partial charge on any atom is 0.267 e. The lowest BCUT2D eigenvalue weighted by molar-refractivity contribution is -0.122. The fraction of sp³-hybridized carbons (Fsp3) is 0.0968. The van der Waals surface area contributed by atoms with Crippen LogP contribution in [0.4, 0.5) is 5.69 Å². The Bertz CT molecular complexity index is 1690. The number of benzene rings is 3. The van der Waals surface area contributed by atoms with E-state index in [2.05, 4.69) is 15.5 Å². The third kappa shape index (κ3) is 7.50. The Morgan fingerprint density at radius 3 is 2.57 bits per heavy atom. The first-order valence-corrected chi connectivity index (χ1v) is 14.3. The predicted molar refractivity (Wildman–Crippen MR) is 168 cm³/mol. The van der Waals surface area contributed by atoms with Crippen molar-refractivity contribution in [1.29, 1.82) is 0 Å². The fourth-order valence-electron chi connectivity index (χ4n) is 3.93. The van der Waals surface area contributed by atoms with Crippen LogP contribution < -0.4 is 10.1 Å². The number of carbonyl (C=O) groups is 2. The van der Waals surface area contributed by atoms with Gasteiger partial charge in [-0.2, -0.15) is 5.10 Å². The molecule has 1 aromatic heterocycles. The van der Waals surface area contributed by atoms with Gasteiger partial charge in [-0.3, -0.25) is 14.5 Å². The smallest absolute Gasteiger partial charge is 0.267 e. The van der Waals surface area contributed by atoms with Crippen LogP contribution >= 0.6 is 35.0 Å². The minimum Gasteiger partial charge on any atom is -0.483 e. The number of halogens is 2. The molecule has 1 aliphatic heterocycles. The van der Waals surface area contributed by atoms with Crippen molar-refractivity contribution in [2.75, 3.05) is 11.9 Å². The lowest BCUT2D eigenvalue weighted by atomic mass is 10.1. The number of aryl methyl sites for hydroxylation is 1. The molecular formula is C31H24Cl2N4O4S. The molecule has 5 rings (SSSR count). The van der Waals surface area contributed by atoms with Crippen molar-refractivity contribution in [3.05, 3.63) is 123 Å². The molecular weight excluding hydrogens is 595 g/mol. The number of amides is 2. The first kappa shape index (κ1) is 29.2. The van der Waals surface area contributed by atoms with Crippen LogP contribution in [0.3, 0.4) is 0 Å². The third-order valence-electron chi connectivity index (χ3n) is 6.06. The van der Waals surface area contributed by atoms with Crippen molar-refractivity contribution in [2.45, 2.75) is 13.5 Å². The molecule has 0 atom stereocenters. The zero-order valence-corrected chi connectivity index (χ0v) is 24.6. The Morgan fingerprint density at radius 1 is 1.02 bits per heavy atom.